The molecule has 2 N–H and O–H groups in total. The van der Waals surface area contributed by atoms with Gasteiger partial charge in [-0.25, -0.2) is 9.97 Å². The summed E-state index contributed by atoms with van der Waals surface area (Å²) in [7, 11) is 0. The number of pyridine rings is 1. The van der Waals surface area contributed by atoms with E-state index < -0.39 is 5.91 Å². The fraction of sp³-hybridized carbons (Fsp3) is 0.357. The molecule has 4 heterocycles. The van der Waals surface area contributed by atoms with E-state index in [0.717, 1.165) is 61.9 Å². The first-order valence-corrected chi connectivity index (χ1v) is 14.2. The first-order valence-electron chi connectivity index (χ1n) is 12.5. The maximum atomic E-state index is 11.8. The topological polar surface area (TPSA) is 94.2 Å². The van der Waals surface area contributed by atoms with E-state index >= 15 is 0 Å². The number of hydrogen-bond donors (Lipinski definition) is 1. The van der Waals surface area contributed by atoms with Crippen molar-refractivity contribution in [1.29, 1.82) is 0 Å². The zero-order valence-electron chi connectivity index (χ0n) is 21.6. The van der Waals surface area contributed by atoms with Crippen LogP contribution in [-0.2, 0) is 6.42 Å². The maximum Gasteiger partial charge on any atom is 0.248 e. The Labute approximate surface area is 225 Å². The summed E-state index contributed by atoms with van der Waals surface area (Å²) in [5, 5.41) is 3.93. The average molecular weight is 534 g/mol. The van der Waals surface area contributed by atoms with Gasteiger partial charge in [0, 0.05) is 42.2 Å². The predicted molar refractivity (Wildman–Crippen MR) is 151 cm³/mol. The summed E-state index contributed by atoms with van der Waals surface area (Å²) >= 11 is 3.23. The van der Waals surface area contributed by atoms with Gasteiger partial charge in [-0.2, -0.15) is 0 Å². The van der Waals surface area contributed by atoms with Crippen LogP contribution in [0.3, 0.4) is 0 Å². The lowest BCUT2D eigenvalue weighted by Crippen LogP contribution is -2.19. The van der Waals surface area contributed by atoms with Crippen molar-refractivity contribution >= 4 is 34.3 Å². The van der Waals surface area contributed by atoms with Crippen LogP contribution in [0.1, 0.15) is 58.9 Å². The van der Waals surface area contributed by atoms with Gasteiger partial charge in [0.05, 0.1) is 33.1 Å². The second-order valence-corrected chi connectivity index (χ2v) is 11.6. The fourth-order valence-electron chi connectivity index (χ4n) is 4.55. The van der Waals surface area contributed by atoms with Crippen molar-refractivity contribution in [3.05, 3.63) is 63.2 Å². The molecule has 0 bridgehead atoms. The number of carbonyl (C=O) groups excluding carboxylic acids is 1. The molecule has 0 atom stereocenters. The van der Waals surface area contributed by atoms with E-state index in [1.54, 1.807) is 34.8 Å². The third-order valence-corrected chi connectivity index (χ3v) is 8.32. The summed E-state index contributed by atoms with van der Waals surface area (Å²) in [5.41, 5.74) is 12.0. The molecular formula is C28H31N5O2S2. The van der Waals surface area contributed by atoms with Crippen LogP contribution in [0.25, 0.3) is 21.3 Å². The molecular weight excluding hydrogens is 502 g/mol. The first kappa shape index (κ1) is 25.4. The molecule has 1 amide bonds. The minimum Gasteiger partial charge on any atom is -0.491 e. The van der Waals surface area contributed by atoms with Crippen molar-refractivity contribution in [2.45, 2.75) is 53.1 Å². The van der Waals surface area contributed by atoms with Crippen molar-refractivity contribution < 1.29 is 9.53 Å². The number of anilines is 1. The van der Waals surface area contributed by atoms with Crippen LogP contribution >= 0.6 is 22.7 Å². The third kappa shape index (κ3) is 5.52. The minimum absolute atomic E-state index is 0.0177. The molecule has 0 saturated carbocycles. The second-order valence-electron chi connectivity index (χ2n) is 9.66. The van der Waals surface area contributed by atoms with Crippen LogP contribution in [0, 0.1) is 13.8 Å². The number of amides is 1. The Bertz CT molecular complexity index is 1440. The van der Waals surface area contributed by atoms with Gasteiger partial charge in [0.25, 0.3) is 0 Å². The minimum atomic E-state index is -0.456. The van der Waals surface area contributed by atoms with Gasteiger partial charge in [-0.15, -0.1) is 22.7 Å². The van der Waals surface area contributed by atoms with Crippen LogP contribution in [0.2, 0.25) is 0 Å². The standard InChI is InChI=1S/C28H31N5O2S2/c1-16(2)35-23-8-7-19(27(29)34)12-20(23)13-24-32-21(15-36-24)26-18(4)31-28(37-26)25-22(11-17(3)14-30-25)33-9-5-6-10-33/h7-8,11-12,14-16H,5-6,9-10,13H2,1-4H3,(H2,29,34). The molecule has 3 aromatic heterocycles. The molecule has 1 fully saturated rings. The zero-order valence-corrected chi connectivity index (χ0v) is 23.2. The van der Waals surface area contributed by atoms with Crippen molar-refractivity contribution in [3.63, 3.8) is 0 Å². The SMILES string of the molecule is Cc1cnc(-c2nc(C)c(-c3csc(Cc4cc(C(N)=O)ccc4OC(C)C)n3)s2)c(N2CCCC2)c1. The molecule has 1 saturated heterocycles. The Hall–Kier alpha value is -3.30. The second kappa shape index (κ2) is 10.6. The number of rotatable bonds is 8. The number of nitrogens with two attached hydrogens (primary N) is 1. The van der Waals surface area contributed by atoms with E-state index in [0.29, 0.717) is 12.0 Å². The van der Waals surface area contributed by atoms with Gasteiger partial charge in [-0.05, 0) is 70.4 Å². The quantitative estimate of drug-likeness (QED) is 0.298. The van der Waals surface area contributed by atoms with Gasteiger partial charge < -0.3 is 15.4 Å². The smallest absolute Gasteiger partial charge is 0.248 e. The zero-order chi connectivity index (χ0) is 26.1. The van der Waals surface area contributed by atoms with Crippen LogP contribution in [0.5, 0.6) is 5.75 Å². The molecule has 1 aliphatic rings. The van der Waals surface area contributed by atoms with Crippen molar-refractivity contribution in [2.24, 2.45) is 5.73 Å². The summed E-state index contributed by atoms with van der Waals surface area (Å²) in [6.45, 7) is 10.2. The van der Waals surface area contributed by atoms with Gasteiger partial charge in [-0.3, -0.25) is 9.78 Å². The summed E-state index contributed by atoms with van der Waals surface area (Å²) in [6, 6.07) is 7.55. The highest BCUT2D eigenvalue weighted by Crippen LogP contribution is 2.39. The fourth-order valence-corrected chi connectivity index (χ4v) is 6.47. The summed E-state index contributed by atoms with van der Waals surface area (Å²) in [4.78, 5) is 29.9. The molecule has 1 aromatic carbocycles. The van der Waals surface area contributed by atoms with Gasteiger partial charge in [0.2, 0.25) is 5.91 Å². The summed E-state index contributed by atoms with van der Waals surface area (Å²) in [5.74, 6) is 0.288. The van der Waals surface area contributed by atoms with Gasteiger partial charge >= 0.3 is 0 Å². The van der Waals surface area contributed by atoms with Crippen LogP contribution in [0.4, 0.5) is 5.69 Å². The Kier molecular flexibility index (Phi) is 7.26. The number of hydrogen-bond acceptors (Lipinski definition) is 8. The van der Waals surface area contributed by atoms with Crippen LogP contribution < -0.4 is 15.4 Å². The van der Waals surface area contributed by atoms with Crippen molar-refractivity contribution in [2.75, 3.05) is 18.0 Å². The van der Waals surface area contributed by atoms with E-state index in [1.807, 2.05) is 33.0 Å². The third-order valence-electron chi connectivity index (χ3n) is 6.28. The predicted octanol–water partition coefficient (Wildman–Crippen LogP) is 6.02. The molecule has 37 heavy (non-hydrogen) atoms. The molecule has 0 aliphatic carbocycles. The van der Waals surface area contributed by atoms with Crippen molar-refractivity contribution in [3.8, 4) is 27.0 Å². The number of aryl methyl sites for hydroxylation is 2. The lowest BCUT2D eigenvalue weighted by Gasteiger charge is -2.20. The number of primary amides is 1. The number of ether oxygens (including phenoxy) is 1. The highest BCUT2D eigenvalue weighted by Gasteiger charge is 2.22. The van der Waals surface area contributed by atoms with Crippen molar-refractivity contribution in [1.82, 2.24) is 15.0 Å². The Morgan fingerprint density at radius 3 is 2.68 bits per heavy atom. The largest absolute Gasteiger partial charge is 0.491 e. The van der Waals surface area contributed by atoms with Gasteiger partial charge in [-0.1, -0.05) is 0 Å². The monoisotopic (exact) mass is 533 g/mol. The lowest BCUT2D eigenvalue weighted by atomic mass is 10.1. The number of aromatic nitrogens is 3. The molecule has 4 aromatic rings. The Morgan fingerprint density at radius 1 is 1.16 bits per heavy atom. The van der Waals surface area contributed by atoms with E-state index in [1.165, 1.54) is 18.5 Å². The van der Waals surface area contributed by atoms with Crippen LogP contribution in [0.15, 0.2) is 35.8 Å². The molecule has 1 aliphatic heterocycles. The normalized spacial score (nSPS) is 13.5. The molecule has 192 valence electrons. The lowest BCUT2D eigenvalue weighted by molar-refractivity contribution is 0.1000. The molecule has 0 spiro atoms. The van der Waals surface area contributed by atoms with E-state index in [4.69, 9.17) is 25.4 Å². The molecule has 5 rings (SSSR count). The number of benzene rings is 1. The van der Waals surface area contributed by atoms with Crippen LogP contribution in [-0.4, -0.2) is 40.1 Å². The average Bonchev–Trinajstić information content (AvgIpc) is 3.61. The number of carbonyl (C=O) groups is 1. The van der Waals surface area contributed by atoms with E-state index in [9.17, 15) is 4.79 Å². The molecule has 0 radical (unpaired) electrons. The highest BCUT2D eigenvalue weighted by atomic mass is 32.1. The molecule has 0 unspecified atom stereocenters. The van der Waals surface area contributed by atoms with Gasteiger partial charge in [0.15, 0.2) is 0 Å². The van der Waals surface area contributed by atoms with E-state index in [2.05, 4.69) is 23.3 Å². The number of nitrogens with zero attached hydrogens (tertiary/aromatic N) is 4. The molecule has 7 nitrogen and oxygen atoms in total. The Balaban J connectivity index is 1.44. The summed E-state index contributed by atoms with van der Waals surface area (Å²) in [6.07, 6.45) is 4.91. The molecule has 9 heteroatoms. The maximum absolute atomic E-state index is 11.8. The summed E-state index contributed by atoms with van der Waals surface area (Å²) < 4.78 is 5.98. The highest BCUT2D eigenvalue weighted by molar-refractivity contribution is 7.19. The first-order chi connectivity index (χ1) is 17.8. The van der Waals surface area contributed by atoms with Gasteiger partial charge in [0.1, 0.15) is 16.5 Å². The van der Waals surface area contributed by atoms with E-state index in [-0.39, 0.29) is 6.10 Å². The number of thiazole rings is 2. The Morgan fingerprint density at radius 2 is 1.95 bits per heavy atom.